The molecule has 0 saturated carbocycles. The highest BCUT2D eigenvalue weighted by Crippen LogP contribution is 2.29. The molecular weight excluding hydrogens is 493 g/mol. The molecule has 9 heteroatoms. The average Bonchev–Trinajstić information content (AvgIpc) is 3.41. The first kappa shape index (κ1) is 24.6. The summed E-state index contributed by atoms with van der Waals surface area (Å²) in [6.07, 6.45) is 0.903. The molecule has 0 unspecified atom stereocenters. The van der Waals surface area contributed by atoms with Gasteiger partial charge in [-0.05, 0) is 72.1 Å². The molecule has 4 aromatic rings. The van der Waals surface area contributed by atoms with Gasteiger partial charge in [-0.15, -0.1) is 0 Å². The summed E-state index contributed by atoms with van der Waals surface area (Å²) in [5, 5.41) is 7.14. The number of carbonyl (C=O) groups is 2. The lowest BCUT2D eigenvalue weighted by Gasteiger charge is -2.24. The Morgan fingerprint density at radius 3 is 2.32 bits per heavy atom. The predicted molar refractivity (Wildman–Crippen MR) is 140 cm³/mol. The Balaban J connectivity index is 1.36. The lowest BCUT2D eigenvalue weighted by molar-refractivity contribution is -0.119. The minimum absolute atomic E-state index is 0.130. The molecule has 1 atom stereocenters. The third-order valence-electron chi connectivity index (χ3n) is 6.37. The van der Waals surface area contributed by atoms with E-state index in [2.05, 4.69) is 10.6 Å². The minimum atomic E-state index is -3.92. The fourth-order valence-electron chi connectivity index (χ4n) is 4.49. The first-order valence-corrected chi connectivity index (χ1v) is 13.2. The first-order valence-electron chi connectivity index (χ1n) is 11.8. The van der Waals surface area contributed by atoms with Gasteiger partial charge in [-0.3, -0.25) is 9.59 Å². The van der Waals surface area contributed by atoms with Gasteiger partial charge in [0.2, 0.25) is 15.9 Å². The second-order valence-electron chi connectivity index (χ2n) is 8.78. The maximum atomic E-state index is 13.5. The molecule has 1 aliphatic heterocycles. The number of para-hydroxylation sites is 1. The van der Waals surface area contributed by atoms with Crippen molar-refractivity contribution in [2.24, 2.45) is 0 Å². The van der Waals surface area contributed by atoms with Gasteiger partial charge in [0.25, 0.3) is 5.91 Å². The van der Waals surface area contributed by atoms with Crippen LogP contribution in [0.15, 0.2) is 95.9 Å². The van der Waals surface area contributed by atoms with Crippen molar-refractivity contribution in [3.8, 4) is 0 Å². The molecule has 0 radical (unpaired) electrons. The minimum Gasteiger partial charge on any atom is -0.324 e. The normalized spacial score (nSPS) is 16.0. The van der Waals surface area contributed by atoms with Crippen LogP contribution < -0.4 is 10.6 Å². The quantitative estimate of drug-likeness (QED) is 0.375. The maximum Gasteiger partial charge on any atom is 0.257 e. The molecule has 1 heterocycles. The summed E-state index contributed by atoms with van der Waals surface area (Å²) >= 11 is 0. The van der Waals surface area contributed by atoms with Crippen molar-refractivity contribution in [3.63, 3.8) is 0 Å². The summed E-state index contributed by atoms with van der Waals surface area (Å²) in [5.74, 6) is -1.43. The molecule has 2 N–H and O–H groups in total. The van der Waals surface area contributed by atoms with Gasteiger partial charge in [-0.25, -0.2) is 12.8 Å². The van der Waals surface area contributed by atoms with Crippen molar-refractivity contribution in [2.75, 3.05) is 17.2 Å². The number of fused-ring (bicyclic) bond motifs is 1. The van der Waals surface area contributed by atoms with Gasteiger partial charge in [0.15, 0.2) is 0 Å². The summed E-state index contributed by atoms with van der Waals surface area (Å²) < 4.78 is 41.4. The van der Waals surface area contributed by atoms with Crippen LogP contribution in [0.4, 0.5) is 15.8 Å². The number of sulfonamides is 1. The molecule has 0 aromatic heterocycles. The van der Waals surface area contributed by atoms with Crippen molar-refractivity contribution in [1.29, 1.82) is 0 Å². The fraction of sp³-hybridized carbons (Fsp3) is 0.143. The molecular formula is C28H24FN3O4S. The molecule has 7 nitrogen and oxygen atoms in total. The lowest BCUT2D eigenvalue weighted by Crippen LogP contribution is -2.43. The van der Waals surface area contributed by atoms with E-state index in [0.29, 0.717) is 18.5 Å². The molecule has 1 aliphatic rings. The summed E-state index contributed by atoms with van der Waals surface area (Å²) in [4.78, 5) is 26.3. The summed E-state index contributed by atoms with van der Waals surface area (Å²) in [6.45, 7) is 0.222. The molecule has 0 aliphatic carbocycles. The zero-order valence-electron chi connectivity index (χ0n) is 19.7. The van der Waals surface area contributed by atoms with Gasteiger partial charge in [0.1, 0.15) is 11.9 Å². The molecule has 0 bridgehead atoms. The number of hydrogen-bond donors (Lipinski definition) is 2. The van der Waals surface area contributed by atoms with E-state index >= 15 is 0 Å². The van der Waals surface area contributed by atoms with Crippen molar-refractivity contribution in [1.82, 2.24) is 4.31 Å². The number of hydrogen-bond acceptors (Lipinski definition) is 4. The Morgan fingerprint density at radius 1 is 0.838 bits per heavy atom. The summed E-state index contributed by atoms with van der Waals surface area (Å²) in [7, 11) is -3.92. The Hall–Kier alpha value is -4.08. The second-order valence-corrected chi connectivity index (χ2v) is 10.7. The Morgan fingerprint density at radius 2 is 1.54 bits per heavy atom. The smallest absolute Gasteiger partial charge is 0.257 e. The second kappa shape index (κ2) is 10.1. The number of rotatable bonds is 6. The maximum absolute atomic E-state index is 13.5. The van der Waals surface area contributed by atoms with E-state index in [1.165, 1.54) is 28.6 Å². The highest BCUT2D eigenvalue weighted by atomic mass is 32.2. The van der Waals surface area contributed by atoms with Crippen LogP contribution in [0.1, 0.15) is 23.2 Å². The standard InChI is InChI=1S/C28H24FN3O4S/c29-21-12-14-22(15-13-21)30-27(33)24-8-3-4-9-25(24)31-28(34)26-10-5-17-32(26)37(35,36)23-16-11-19-6-1-2-7-20(19)18-23/h1-4,6-9,11-16,18,26H,5,10,17H2,(H,30,33)(H,31,34)/t26-/m0/s1. The Labute approximate surface area is 214 Å². The number of halogens is 1. The van der Waals surface area contributed by atoms with E-state index in [4.69, 9.17) is 0 Å². The average molecular weight is 518 g/mol. The Kier molecular flexibility index (Phi) is 6.73. The third kappa shape index (κ3) is 5.09. The number of benzene rings is 4. The van der Waals surface area contributed by atoms with Gasteiger partial charge >= 0.3 is 0 Å². The van der Waals surface area contributed by atoms with Crippen LogP contribution in [0.25, 0.3) is 10.8 Å². The molecule has 0 spiro atoms. The van der Waals surface area contributed by atoms with E-state index in [1.54, 1.807) is 42.5 Å². The van der Waals surface area contributed by atoms with Crippen molar-refractivity contribution in [3.05, 3.63) is 102 Å². The zero-order chi connectivity index (χ0) is 26.0. The van der Waals surface area contributed by atoms with E-state index in [0.717, 1.165) is 10.8 Å². The van der Waals surface area contributed by atoms with Gasteiger partial charge < -0.3 is 10.6 Å². The third-order valence-corrected chi connectivity index (χ3v) is 8.27. The van der Waals surface area contributed by atoms with Gasteiger partial charge in [0.05, 0.1) is 16.1 Å². The zero-order valence-corrected chi connectivity index (χ0v) is 20.5. The largest absolute Gasteiger partial charge is 0.324 e. The van der Waals surface area contributed by atoms with Gasteiger partial charge in [-0.1, -0.05) is 42.5 Å². The molecule has 37 heavy (non-hydrogen) atoms. The molecule has 1 fully saturated rings. The molecule has 2 amide bonds. The number of anilines is 2. The SMILES string of the molecule is O=C(Nc1ccc(F)cc1)c1ccccc1NC(=O)[C@@H]1CCCN1S(=O)(=O)c1ccc2ccccc2c1. The predicted octanol–water partition coefficient (Wildman–Crippen LogP) is 5.02. The topological polar surface area (TPSA) is 95.6 Å². The van der Waals surface area contributed by atoms with Crippen molar-refractivity contribution in [2.45, 2.75) is 23.8 Å². The summed E-state index contributed by atoms with van der Waals surface area (Å²) in [5.41, 5.74) is 0.847. The van der Waals surface area contributed by atoms with E-state index in [-0.39, 0.29) is 22.7 Å². The van der Waals surface area contributed by atoms with Crippen LogP contribution in [0.2, 0.25) is 0 Å². The Bertz CT molecular complexity index is 1590. The molecule has 1 saturated heterocycles. The molecule has 188 valence electrons. The van der Waals surface area contributed by atoms with Crippen LogP contribution in [0, 0.1) is 5.82 Å². The van der Waals surface area contributed by atoms with Crippen molar-refractivity contribution >= 4 is 44.0 Å². The summed E-state index contributed by atoms with van der Waals surface area (Å²) in [6, 6.07) is 23.3. The fourth-order valence-corrected chi connectivity index (χ4v) is 6.18. The van der Waals surface area contributed by atoms with Crippen LogP contribution in [0.3, 0.4) is 0 Å². The number of nitrogens with zero attached hydrogens (tertiary/aromatic N) is 1. The van der Waals surface area contributed by atoms with Crippen LogP contribution >= 0.6 is 0 Å². The van der Waals surface area contributed by atoms with E-state index < -0.39 is 33.7 Å². The van der Waals surface area contributed by atoms with Crippen molar-refractivity contribution < 1.29 is 22.4 Å². The number of amides is 2. The van der Waals surface area contributed by atoms with Crippen LogP contribution in [-0.2, 0) is 14.8 Å². The number of carbonyl (C=O) groups excluding carboxylic acids is 2. The van der Waals surface area contributed by atoms with E-state index in [9.17, 15) is 22.4 Å². The lowest BCUT2D eigenvalue weighted by atomic mass is 10.1. The first-order chi connectivity index (χ1) is 17.8. The van der Waals surface area contributed by atoms with Gasteiger partial charge in [0, 0.05) is 12.2 Å². The number of nitrogens with one attached hydrogen (secondary N) is 2. The molecule has 4 aromatic carbocycles. The van der Waals surface area contributed by atoms with Gasteiger partial charge in [-0.2, -0.15) is 4.31 Å². The van der Waals surface area contributed by atoms with Crippen LogP contribution in [0.5, 0.6) is 0 Å². The van der Waals surface area contributed by atoms with E-state index in [1.807, 2.05) is 24.3 Å². The van der Waals surface area contributed by atoms with Crippen LogP contribution in [-0.4, -0.2) is 37.1 Å². The highest BCUT2D eigenvalue weighted by molar-refractivity contribution is 7.89. The highest BCUT2D eigenvalue weighted by Gasteiger charge is 2.39. The molecule has 5 rings (SSSR count). The monoisotopic (exact) mass is 517 g/mol.